The lowest BCUT2D eigenvalue weighted by Crippen LogP contribution is -2.39. The van der Waals surface area contributed by atoms with Crippen molar-refractivity contribution in [3.8, 4) is 11.5 Å². The van der Waals surface area contributed by atoms with Gasteiger partial charge in [0, 0.05) is 5.56 Å². The van der Waals surface area contributed by atoms with Crippen LogP contribution in [0.2, 0.25) is 0 Å². The molecule has 7 heteroatoms. The van der Waals surface area contributed by atoms with E-state index in [4.69, 9.17) is 9.47 Å². The van der Waals surface area contributed by atoms with Crippen LogP contribution >= 0.6 is 0 Å². The van der Waals surface area contributed by atoms with E-state index in [1.54, 1.807) is 18.2 Å². The SMILES string of the molecule is BCN[C@H](C)C(=O)c1ccc2c(c1)OC(B)(B)O2. The van der Waals surface area contributed by atoms with Gasteiger partial charge in [0.1, 0.15) is 7.85 Å². The van der Waals surface area contributed by atoms with Crippen molar-refractivity contribution in [1.82, 2.24) is 5.32 Å². The van der Waals surface area contributed by atoms with Crippen molar-refractivity contribution in [2.75, 3.05) is 6.44 Å². The second-order valence-electron chi connectivity index (χ2n) is 4.91. The standard InChI is InChI=1S/C11H16B3NO3/c1-6(15-5-12)10(16)7-2-3-8-9(4-7)18-11(13,14)17-8/h2-4,6,15H,5,12-14H2,1H3/t6-/m1/s1. The number of fused-ring (bicyclic) bond motifs is 1. The van der Waals surface area contributed by atoms with Crippen LogP contribution in [0.3, 0.4) is 0 Å². The van der Waals surface area contributed by atoms with E-state index in [0.717, 1.165) is 6.44 Å². The number of rotatable bonds is 4. The maximum Gasteiger partial charge on any atom is 0.197 e. The molecule has 18 heavy (non-hydrogen) atoms. The Kier molecular flexibility index (Phi) is 3.44. The number of benzene rings is 1. The molecular formula is C11H16B3NO3. The Morgan fingerprint density at radius 2 is 2.06 bits per heavy atom. The third-order valence-electron chi connectivity index (χ3n) is 2.84. The molecule has 0 saturated heterocycles. The number of hydrogen-bond donors (Lipinski definition) is 1. The lowest BCUT2D eigenvalue weighted by Gasteiger charge is -2.17. The van der Waals surface area contributed by atoms with Crippen LogP contribution in [0.25, 0.3) is 0 Å². The fraction of sp³-hybridized carbons (Fsp3) is 0.364. The Bertz CT molecular complexity index is 479. The Morgan fingerprint density at radius 1 is 1.39 bits per heavy atom. The van der Waals surface area contributed by atoms with Crippen molar-refractivity contribution in [1.29, 1.82) is 0 Å². The molecule has 0 aromatic heterocycles. The van der Waals surface area contributed by atoms with Crippen molar-refractivity contribution in [3.63, 3.8) is 0 Å². The monoisotopic (exact) mass is 243 g/mol. The summed E-state index contributed by atoms with van der Waals surface area (Å²) in [4.78, 5) is 12.1. The molecule has 0 saturated carbocycles. The summed E-state index contributed by atoms with van der Waals surface area (Å²) in [6, 6.07) is 5.12. The van der Waals surface area contributed by atoms with Crippen LogP contribution in [0.5, 0.6) is 11.5 Å². The van der Waals surface area contributed by atoms with Gasteiger partial charge in [-0.2, -0.15) is 0 Å². The molecule has 1 aliphatic rings. The van der Waals surface area contributed by atoms with Crippen molar-refractivity contribution >= 4 is 29.3 Å². The summed E-state index contributed by atoms with van der Waals surface area (Å²) >= 11 is 0. The van der Waals surface area contributed by atoms with Crippen molar-refractivity contribution in [3.05, 3.63) is 23.8 Å². The number of hydrogen-bond acceptors (Lipinski definition) is 4. The molecule has 4 nitrogen and oxygen atoms in total. The maximum absolute atomic E-state index is 12.1. The Labute approximate surface area is 110 Å². The summed E-state index contributed by atoms with van der Waals surface area (Å²) in [6.07, 6.45) is 0.768. The fourth-order valence-corrected chi connectivity index (χ4v) is 2.02. The second-order valence-corrected chi connectivity index (χ2v) is 4.91. The van der Waals surface area contributed by atoms with Crippen molar-refractivity contribution in [2.24, 2.45) is 0 Å². The summed E-state index contributed by atoms with van der Waals surface area (Å²) < 4.78 is 11.2. The number of nitrogens with one attached hydrogen (secondary N) is 1. The van der Waals surface area contributed by atoms with Crippen LogP contribution in [0.1, 0.15) is 17.3 Å². The van der Waals surface area contributed by atoms with Gasteiger partial charge in [-0.05, 0) is 31.6 Å². The quantitative estimate of drug-likeness (QED) is 0.494. The van der Waals surface area contributed by atoms with E-state index < -0.39 is 5.59 Å². The zero-order chi connectivity index (χ0) is 13.3. The summed E-state index contributed by atoms with van der Waals surface area (Å²) in [6.45, 7) is 1.86. The van der Waals surface area contributed by atoms with Gasteiger partial charge in [-0.1, -0.05) is 0 Å². The van der Waals surface area contributed by atoms with Gasteiger partial charge in [0.15, 0.2) is 38.6 Å². The van der Waals surface area contributed by atoms with E-state index in [1.807, 2.05) is 30.5 Å². The number of Topliss-reactive ketones (excluding diaryl/α,β-unsaturated/α-hetero) is 1. The largest absolute Gasteiger partial charge is 0.467 e. The molecule has 1 heterocycles. The van der Waals surface area contributed by atoms with Gasteiger partial charge in [0.25, 0.3) is 0 Å². The fourth-order valence-electron chi connectivity index (χ4n) is 2.02. The molecule has 0 fully saturated rings. The van der Waals surface area contributed by atoms with Gasteiger partial charge in [0.2, 0.25) is 0 Å². The van der Waals surface area contributed by atoms with Crippen LogP contribution in [0, 0.1) is 0 Å². The molecule has 0 amide bonds. The summed E-state index contributed by atoms with van der Waals surface area (Å²) in [5.74, 6) is 1.38. The van der Waals surface area contributed by atoms with Crippen LogP contribution in [-0.2, 0) is 0 Å². The van der Waals surface area contributed by atoms with Gasteiger partial charge in [-0.3, -0.25) is 4.79 Å². The summed E-state index contributed by atoms with van der Waals surface area (Å²) in [5, 5.41) is 3.11. The first-order valence-corrected chi connectivity index (χ1v) is 6.22. The van der Waals surface area contributed by atoms with E-state index in [9.17, 15) is 4.79 Å². The van der Waals surface area contributed by atoms with Gasteiger partial charge in [0.05, 0.1) is 6.04 Å². The Hall–Kier alpha value is -1.36. The molecule has 1 atom stereocenters. The molecule has 1 aromatic rings. The zero-order valence-corrected chi connectivity index (χ0v) is 11.2. The minimum atomic E-state index is -0.655. The minimum absolute atomic E-state index is 0.0629. The number of carbonyl (C=O) groups excluding carboxylic acids is 1. The molecule has 0 aliphatic carbocycles. The van der Waals surface area contributed by atoms with Gasteiger partial charge in [-0.25, -0.2) is 0 Å². The molecule has 1 aliphatic heterocycles. The molecule has 0 bridgehead atoms. The van der Waals surface area contributed by atoms with Crippen LogP contribution < -0.4 is 14.8 Å². The lowest BCUT2D eigenvalue weighted by molar-refractivity contribution is 0.0831. The topological polar surface area (TPSA) is 47.6 Å². The average molecular weight is 243 g/mol. The maximum atomic E-state index is 12.1. The Balaban J connectivity index is 2.21. The normalized spacial score (nSPS) is 17.4. The third-order valence-corrected chi connectivity index (χ3v) is 2.84. The number of ketones is 1. The van der Waals surface area contributed by atoms with Gasteiger partial charge in [-0.15, -0.1) is 0 Å². The molecule has 92 valence electrons. The first kappa shape index (κ1) is 13.1. The summed E-state index contributed by atoms with van der Waals surface area (Å²) in [5.41, 5.74) is -0.0133. The minimum Gasteiger partial charge on any atom is -0.467 e. The highest BCUT2D eigenvalue weighted by atomic mass is 16.7. The summed E-state index contributed by atoms with van der Waals surface area (Å²) in [7, 11) is 5.66. The van der Waals surface area contributed by atoms with E-state index in [-0.39, 0.29) is 11.8 Å². The lowest BCUT2D eigenvalue weighted by atomic mass is 9.76. The predicted molar refractivity (Wildman–Crippen MR) is 77.9 cm³/mol. The van der Waals surface area contributed by atoms with E-state index in [0.29, 0.717) is 17.1 Å². The first-order valence-electron chi connectivity index (χ1n) is 6.22. The molecular weight excluding hydrogens is 227 g/mol. The molecule has 1 N–H and O–H groups in total. The highest BCUT2D eigenvalue weighted by Gasteiger charge is 2.31. The van der Waals surface area contributed by atoms with Crippen molar-refractivity contribution < 1.29 is 14.3 Å². The number of carbonyl (C=O) groups is 1. The van der Waals surface area contributed by atoms with E-state index in [1.165, 1.54) is 0 Å². The first-order chi connectivity index (χ1) is 8.43. The van der Waals surface area contributed by atoms with Crippen LogP contribution in [0.4, 0.5) is 0 Å². The molecule has 0 spiro atoms. The van der Waals surface area contributed by atoms with Gasteiger partial charge >= 0.3 is 0 Å². The Morgan fingerprint density at radius 3 is 2.72 bits per heavy atom. The zero-order valence-electron chi connectivity index (χ0n) is 11.2. The molecule has 0 radical (unpaired) electrons. The highest BCUT2D eigenvalue weighted by molar-refractivity contribution is 6.38. The van der Waals surface area contributed by atoms with Crippen LogP contribution in [0.15, 0.2) is 18.2 Å². The smallest absolute Gasteiger partial charge is 0.197 e. The van der Waals surface area contributed by atoms with Crippen molar-refractivity contribution in [2.45, 2.75) is 18.6 Å². The third kappa shape index (κ3) is 2.56. The second kappa shape index (κ2) is 4.73. The van der Waals surface area contributed by atoms with E-state index in [2.05, 4.69) is 5.32 Å². The van der Waals surface area contributed by atoms with Gasteiger partial charge < -0.3 is 14.8 Å². The molecule has 2 rings (SSSR count). The van der Waals surface area contributed by atoms with E-state index >= 15 is 0 Å². The molecule has 1 aromatic carbocycles. The molecule has 0 unspecified atom stereocenters. The average Bonchev–Trinajstić information content (AvgIpc) is 2.60. The predicted octanol–water partition coefficient (Wildman–Crippen LogP) is -1.91. The number of ether oxygens (including phenoxy) is 2. The highest BCUT2D eigenvalue weighted by Crippen LogP contribution is 2.37. The van der Waals surface area contributed by atoms with Crippen LogP contribution in [-0.4, -0.2) is 47.4 Å².